The highest BCUT2D eigenvalue weighted by molar-refractivity contribution is 5.95. The number of carbonyl (C=O) groups excluding carboxylic acids is 1. The number of ether oxygens (including phenoxy) is 1. The van der Waals surface area contributed by atoms with Crippen molar-refractivity contribution in [3.05, 3.63) is 48.0 Å². The highest BCUT2D eigenvalue weighted by Gasteiger charge is 2.25. The van der Waals surface area contributed by atoms with E-state index in [0.717, 1.165) is 23.6 Å². The van der Waals surface area contributed by atoms with Crippen LogP contribution >= 0.6 is 0 Å². The van der Waals surface area contributed by atoms with Gasteiger partial charge in [0.25, 0.3) is 0 Å². The highest BCUT2D eigenvalue weighted by atomic mass is 16.5. The maximum Gasteiger partial charge on any atom is 0.338 e. The molecule has 2 heteroatoms. The molecule has 2 aromatic rings. The molecular formula is C24H34O2. The number of unbranched alkanes of at least 4 members (excludes halogenated alkanes) is 4. The van der Waals surface area contributed by atoms with Crippen LogP contribution in [0.25, 0.3) is 10.8 Å². The second-order valence-electron chi connectivity index (χ2n) is 7.86. The Morgan fingerprint density at radius 2 is 1.58 bits per heavy atom. The van der Waals surface area contributed by atoms with E-state index in [0.29, 0.717) is 12.2 Å². The summed E-state index contributed by atoms with van der Waals surface area (Å²) in [7, 11) is 0. The van der Waals surface area contributed by atoms with Crippen molar-refractivity contribution < 1.29 is 9.53 Å². The van der Waals surface area contributed by atoms with E-state index >= 15 is 0 Å². The molecule has 0 aliphatic rings. The van der Waals surface area contributed by atoms with Crippen molar-refractivity contribution in [1.82, 2.24) is 0 Å². The minimum atomic E-state index is -0.202. The first-order chi connectivity index (χ1) is 12.6. The quantitative estimate of drug-likeness (QED) is 0.316. The second kappa shape index (κ2) is 10.4. The Bertz CT molecular complexity index is 691. The number of carbonyl (C=O) groups is 1. The Kier molecular flexibility index (Phi) is 8.15. The van der Waals surface area contributed by atoms with Crippen molar-refractivity contribution in [2.45, 2.75) is 72.1 Å². The fourth-order valence-electron chi connectivity index (χ4n) is 3.49. The van der Waals surface area contributed by atoms with Crippen LogP contribution in [0, 0.1) is 5.41 Å². The lowest BCUT2D eigenvalue weighted by atomic mass is 9.80. The number of fused-ring (bicyclic) bond motifs is 1. The van der Waals surface area contributed by atoms with Crippen molar-refractivity contribution >= 4 is 16.7 Å². The summed E-state index contributed by atoms with van der Waals surface area (Å²) in [6.45, 7) is 7.26. The lowest BCUT2D eigenvalue weighted by molar-refractivity contribution is 0.0266. The molecule has 0 N–H and O–H groups in total. The van der Waals surface area contributed by atoms with Gasteiger partial charge in [-0.2, -0.15) is 0 Å². The number of benzene rings is 2. The Balaban J connectivity index is 1.97. The Morgan fingerprint density at radius 1 is 0.885 bits per heavy atom. The van der Waals surface area contributed by atoms with Crippen LogP contribution in [0.3, 0.4) is 0 Å². The molecule has 0 saturated carbocycles. The maximum absolute atomic E-state index is 12.6. The average Bonchev–Trinajstić information content (AvgIpc) is 2.67. The zero-order valence-corrected chi connectivity index (χ0v) is 16.7. The number of hydrogen-bond acceptors (Lipinski definition) is 2. The van der Waals surface area contributed by atoms with Gasteiger partial charge in [0.05, 0.1) is 12.2 Å². The van der Waals surface area contributed by atoms with E-state index < -0.39 is 0 Å². The average molecular weight is 355 g/mol. The Hall–Kier alpha value is -1.83. The number of hydrogen-bond donors (Lipinski definition) is 0. The van der Waals surface area contributed by atoms with Gasteiger partial charge >= 0.3 is 5.97 Å². The summed E-state index contributed by atoms with van der Waals surface area (Å²) in [6.07, 6.45) is 9.68. The summed E-state index contributed by atoms with van der Waals surface area (Å²) in [4.78, 5) is 12.6. The van der Waals surface area contributed by atoms with Gasteiger partial charge in [-0.1, -0.05) is 89.6 Å². The molecule has 0 aliphatic carbocycles. The van der Waals surface area contributed by atoms with Crippen LogP contribution in [-0.4, -0.2) is 12.6 Å². The van der Waals surface area contributed by atoms with Crippen LogP contribution in [0.1, 0.15) is 82.5 Å². The molecule has 0 aromatic heterocycles. The first kappa shape index (κ1) is 20.5. The third-order valence-electron chi connectivity index (χ3n) is 5.30. The largest absolute Gasteiger partial charge is 0.462 e. The van der Waals surface area contributed by atoms with E-state index in [1.54, 1.807) is 0 Å². The predicted octanol–water partition coefficient (Wildman–Crippen LogP) is 7.16. The van der Waals surface area contributed by atoms with Gasteiger partial charge in [-0.3, -0.25) is 0 Å². The van der Waals surface area contributed by atoms with Crippen LogP contribution in [0.5, 0.6) is 0 Å². The topological polar surface area (TPSA) is 26.3 Å². The number of esters is 1. The van der Waals surface area contributed by atoms with Crippen LogP contribution in [0.2, 0.25) is 0 Å². The standard InChI is InChI=1S/C24H34O2/c1-4-6-8-11-17-24(3,16-7-5-2)19-26-23(25)22-15-14-20-12-9-10-13-21(20)18-22/h9-10,12-15,18H,4-8,11,16-17,19H2,1-3H3. The fourth-order valence-corrected chi connectivity index (χ4v) is 3.49. The molecule has 26 heavy (non-hydrogen) atoms. The third kappa shape index (κ3) is 6.16. The smallest absolute Gasteiger partial charge is 0.338 e. The van der Waals surface area contributed by atoms with Crippen LogP contribution in [0.4, 0.5) is 0 Å². The Labute approximate surface area is 158 Å². The van der Waals surface area contributed by atoms with Crippen molar-refractivity contribution in [3.63, 3.8) is 0 Å². The minimum absolute atomic E-state index is 0.0935. The summed E-state index contributed by atoms with van der Waals surface area (Å²) in [5.41, 5.74) is 0.739. The van der Waals surface area contributed by atoms with E-state index in [2.05, 4.69) is 26.8 Å². The monoisotopic (exact) mass is 354 g/mol. The Morgan fingerprint density at radius 3 is 2.31 bits per heavy atom. The van der Waals surface area contributed by atoms with Gasteiger partial charge in [-0.15, -0.1) is 0 Å². The molecule has 0 aliphatic heterocycles. The molecule has 0 radical (unpaired) electrons. The van der Waals surface area contributed by atoms with Crippen molar-refractivity contribution in [1.29, 1.82) is 0 Å². The molecule has 1 atom stereocenters. The van der Waals surface area contributed by atoms with Crippen molar-refractivity contribution in [3.8, 4) is 0 Å². The molecule has 0 bridgehead atoms. The summed E-state index contributed by atoms with van der Waals surface area (Å²) in [5, 5.41) is 2.23. The summed E-state index contributed by atoms with van der Waals surface area (Å²) < 4.78 is 5.76. The van der Waals surface area contributed by atoms with E-state index in [4.69, 9.17) is 4.74 Å². The molecular weight excluding hydrogens is 320 g/mol. The zero-order chi connectivity index (χ0) is 18.8. The molecule has 2 aromatic carbocycles. The van der Waals surface area contributed by atoms with E-state index in [1.807, 2.05) is 36.4 Å². The van der Waals surface area contributed by atoms with Gasteiger partial charge in [0.2, 0.25) is 0 Å². The van der Waals surface area contributed by atoms with Gasteiger partial charge < -0.3 is 4.74 Å². The molecule has 0 saturated heterocycles. The first-order valence-corrected chi connectivity index (χ1v) is 10.2. The third-order valence-corrected chi connectivity index (χ3v) is 5.30. The van der Waals surface area contributed by atoms with Crippen molar-refractivity contribution in [2.24, 2.45) is 5.41 Å². The molecule has 0 spiro atoms. The molecule has 142 valence electrons. The van der Waals surface area contributed by atoms with Gasteiger partial charge in [-0.25, -0.2) is 4.79 Å². The molecule has 0 heterocycles. The molecule has 2 rings (SSSR count). The summed E-state index contributed by atoms with van der Waals surface area (Å²) >= 11 is 0. The lowest BCUT2D eigenvalue weighted by Gasteiger charge is -2.29. The normalized spacial score (nSPS) is 13.5. The van der Waals surface area contributed by atoms with Crippen LogP contribution in [0.15, 0.2) is 42.5 Å². The van der Waals surface area contributed by atoms with Gasteiger partial charge in [0, 0.05) is 5.41 Å². The highest BCUT2D eigenvalue weighted by Crippen LogP contribution is 2.32. The molecule has 0 fully saturated rings. The van der Waals surface area contributed by atoms with Gasteiger partial charge in [0.15, 0.2) is 0 Å². The fraction of sp³-hybridized carbons (Fsp3) is 0.542. The van der Waals surface area contributed by atoms with Crippen LogP contribution in [-0.2, 0) is 4.74 Å². The molecule has 2 nitrogen and oxygen atoms in total. The van der Waals surface area contributed by atoms with E-state index in [1.165, 1.54) is 38.5 Å². The van der Waals surface area contributed by atoms with E-state index in [-0.39, 0.29) is 11.4 Å². The van der Waals surface area contributed by atoms with Gasteiger partial charge in [0.1, 0.15) is 0 Å². The summed E-state index contributed by atoms with van der Waals surface area (Å²) in [5.74, 6) is -0.202. The predicted molar refractivity (Wildman–Crippen MR) is 111 cm³/mol. The SMILES string of the molecule is CCCCCCC(C)(CCCC)COC(=O)c1ccc2ccccc2c1. The van der Waals surface area contributed by atoms with Crippen LogP contribution < -0.4 is 0 Å². The van der Waals surface area contributed by atoms with Gasteiger partial charge in [-0.05, 0) is 35.7 Å². The first-order valence-electron chi connectivity index (χ1n) is 10.2. The van der Waals surface area contributed by atoms with E-state index in [9.17, 15) is 4.79 Å². The number of rotatable bonds is 11. The summed E-state index contributed by atoms with van der Waals surface area (Å²) in [6, 6.07) is 13.9. The maximum atomic E-state index is 12.6. The molecule has 0 amide bonds. The lowest BCUT2D eigenvalue weighted by Crippen LogP contribution is -2.25. The zero-order valence-electron chi connectivity index (χ0n) is 16.7. The minimum Gasteiger partial charge on any atom is -0.462 e. The second-order valence-corrected chi connectivity index (χ2v) is 7.86. The molecule has 1 unspecified atom stereocenters. The van der Waals surface area contributed by atoms with Crippen molar-refractivity contribution in [2.75, 3.05) is 6.61 Å².